The summed E-state index contributed by atoms with van der Waals surface area (Å²) in [5.41, 5.74) is 2.30. The van der Waals surface area contributed by atoms with E-state index in [4.69, 9.17) is 0 Å². The third-order valence-corrected chi connectivity index (χ3v) is 2.92. The van der Waals surface area contributed by atoms with Crippen molar-refractivity contribution >= 4 is 27.5 Å². The number of nitrogens with zero attached hydrogens (tertiary/aromatic N) is 2. The van der Waals surface area contributed by atoms with E-state index in [9.17, 15) is 4.79 Å². The first-order chi connectivity index (χ1) is 8.19. The van der Waals surface area contributed by atoms with E-state index in [-0.39, 0.29) is 5.91 Å². The van der Waals surface area contributed by atoms with Crippen molar-refractivity contribution in [2.24, 2.45) is 7.05 Å². The van der Waals surface area contributed by atoms with Gasteiger partial charge in [0.2, 0.25) is 0 Å². The summed E-state index contributed by atoms with van der Waals surface area (Å²) in [6.45, 7) is 0. The largest absolute Gasteiger partial charge is 0.340 e. The summed E-state index contributed by atoms with van der Waals surface area (Å²) in [5.74, 6) is -0.197. The molecule has 0 saturated carbocycles. The average molecular weight is 294 g/mol. The number of anilines is 1. The number of hydrogen-bond donors (Lipinski definition) is 1. The molecule has 1 aromatic carbocycles. The van der Waals surface area contributed by atoms with E-state index < -0.39 is 0 Å². The van der Waals surface area contributed by atoms with Crippen LogP contribution in [0.1, 0.15) is 16.1 Å². The standard InChI is InChI=1S/C12H12BrN3O/c1-16-7-11(14-8-16)12(17)15-10-4-2-3-9(5-10)6-13/h2-5,7-8H,6H2,1H3,(H,15,17). The number of hydrogen-bond acceptors (Lipinski definition) is 2. The first-order valence-electron chi connectivity index (χ1n) is 5.13. The Morgan fingerprint density at radius 1 is 1.53 bits per heavy atom. The van der Waals surface area contributed by atoms with Crippen LogP contribution < -0.4 is 5.32 Å². The zero-order valence-electron chi connectivity index (χ0n) is 9.35. The van der Waals surface area contributed by atoms with Gasteiger partial charge in [0, 0.05) is 24.3 Å². The summed E-state index contributed by atoms with van der Waals surface area (Å²) in [4.78, 5) is 15.8. The van der Waals surface area contributed by atoms with Crippen molar-refractivity contribution in [1.29, 1.82) is 0 Å². The van der Waals surface area contributed by atoms with Gasteiger partial charge < -0.3 is 9.88 Å². The number of rotatable bonds is 3. The lowest BCUT2D eigenvalue weighted by molar-refractivity contribution is 0.102. The second-order valence-electron chi connectivity index (χ2n) is 3.71. The van der Waals surface area contributed by atoms with Crippen LogP contribution in [-0.2, 0) is 12.4 Å². The highest BCUT2D eigenvalue weighted by Gasteiger charge is 2.08. The number of carbonyl (C=O) groups is 1. The molecule has 1 amide bonds. The quantitative estimate of drug-likeness (QED) is 0.884. The first-order valence-corrected chi connectivity index (χ1v) is 6.25. The molecule has 0 saturated heterocycles. The lowest BCUT2D eigenvalue weighted by Crippen LogP contribution is -2.12. The molecule has 0 aliphatic heterocycles. The number of amides is 1. The summed E-state index contributed by atoms with van der Waals surface area (Å²) in [5, 5.41) is 3.57. The Balaban J connectivity index is 2.12. The van der Waals surface area contributed by atoms with Gasteiger partial charge in [-0.2, -0.15) is 0 Å². The van der Waals surface area contributed by atoms with Gasteiger partial charge in [-0.25, -0.2) is 4.98 Å². The number of carbonyl (C=O) groups excluding carboxylic acids is 1. The molecular weight excluding hydrogens is 282 g/mol. The monoisotopic (exact) mass is 293 g/mol. The molecule has 1 N–H and O–H groups in total. The SMILES string of the molecule is Cn1cnc(C(=O)Nc2cccc(CBr)c2)c1. The van der Waals surface area contributed by atoms with E-state index >= 15 is 0 Å². The maximum atomic E-state index is 11.8. The Morgan fingerprint density at radius 2 is 2.35 bits per heavy atom. The Hall–Kier alpha value is -1.62. The molecule has 0 radical (unpaired) electrons. The van der Waals surface area contributed by atoms with Crippen molar-refractivity contribution in [3.8, 4) is 0 Å². The molecule has 0 aliphatic carbocycles. The van der Waals surface area contributed by atoms with Crippen LogP contribution in [0.2, 0.25) is 0 Å². The maximum Gasteiger partial charge on any atom is 0.275 e. The predicted molar refractivity (Wildman–Crippen MR) is 70.2 cm³/mol. The molecule has 2 aromatic rings. The third-order valence-electron chi connectivity index (χ3n) is 2.28. The topological polar surface area (TPSA) is 46.9 Å². The van der Waals surface area contributed by atoms with Gasteiger partial charge >= 0.3 is 0 Å². The van der Waals surface area contributed by atoms with Crippen molar-refractivity contribution < 1.29 is 4.79 Å². The fourth-order valence-corrected chi connectivity index (χ4v) is 1.81. The normalized spacial score (nSPS) is 10.2. The van der Waals surface area contributed by atoms with Gasteiger partial charge in [-0.05, 0) is 17.7 Å². The van der Waals surface area contributed by atoms with Crippen LogP contribution in [0.25, 0.3) is 0 Å². The number of aromatic nitrogens is 2. The maximum absolute atomic E-state index is 11.8. The van der Waals surface area contributed by atoms with Crippen LogP contribution in [0.3, 0.4) is 0 Å². The van der Waals surface area contributed by atoms with Crippen molar-refractivity contribution in [1.82, 2.24) is 9.55 Å². The molecule has 88 valence electrons. The Bertz CT molecular complexity index is 536. The summed E-state index contributed by atoms with van der Waals surface area (Å²) >= 11 is 3.38. The van der Waals surface area contributed by atoms with Crippen molar-refractivity contribution in [3.63, 3.8) is 0 Å². The number of imidazole rings is 1. The number of halogens is 1. The van der Waals surface area contributed by atoms with Gasteiger partial charge in [0.25, 0.3) is 5.91 Å². The number of alkyl halides is 1. The minimum Gasteiger partial charge on any atom is -0.340 e. The third kappa shape index (κ3) is 2.94. The van der Waals surface area contributed by atoms with Gasteiger partial charge in [-0.1, -0.05) is 28.1 Å². The summed E-state index contributed by atoms with van der Waals surface area (Å²) in [7, 11) is 1.83. The molecule has 0 fully saturated rings. The summed E-state index contributed by atoms with van der Waals surface area (Å²) in [6, 6.07) is 7.68. The average Bonchev–Trinajstić information content (AvgIpc) is 2.76. The second-order valence-corrected chi connectivity index (χ2v) is 4.27. The van der Waals surface area contributed by atoms with Gasteiger partial charge in [0.1, 0.15) is 5.69 Å². The Kier molecular flexibility index (Phi) is 3.58. The zero-order valence-corrected chi connectivity index (χ0v) is 10.9. The molecule has 1 heterocycles. The van der Waals surface area contributed by atoms with E-state index in [0.717, 1.165) is 16.6 Å². The molecular formula is C12H12BrN3O. The molecule has 5 heteroatoms. The highest BCUT2D eigenvalue weighted by Crippen LogP contribution is 2.13. The molecule has 0 atom stereocenters. The predicted octanol–water partition coefficient (Wildman–Crippen LogP) is 2.57. The fourth-order valence-electron chi connectivity index (χ4n) is 1.46. The van der Waals surface area contributed by atoms with Crippen LogP contribution in [0.15, 0.2) is 36.8 Å². The van der Waals surface area contributed by atoms with Crippen LogP contribution in [0, 0.1) is 0 Å². The molecule has 0 aliphatic rings. The van der Waals surface area contributed by atoms with E-state index in [0.29, 0.717) is 5.69 Å². The first kappa shape index (κ1) is 11.9. The van der Waals surface area contributed by atoms with Crippen LogP contribution in [0.5, 0.6) is 0 Å². The van der Waals surface area contributed by atoms with Crippen LogP contribution in [-0.4, -0.2) is 15.5 Å². The lowest BCUT2D eigenvalue weighted by atomic mass is 10.2. The van der Waals surface area contributed by atoms with Crippen molar-refractivity contribution in [2.45, 2.75) is 5.33 Å². The van der Waals surface area contributed by atoms with Crippen LogP contribution in [0.4, 0.5) is 5.69 Å². The Labute approximate surface area is 108 Å². The fraction of sp³-hybridized carbons (Fsp3) is 0.167. The number of benzene rings is 1. The zero-order chi connectivity index (χ0) is 12.3. The smallest absolute Gasteiger partial charge is 0.275 e. The number of aryl methyl sites for hydroxylation is 1. The summed E-state index contributed by atoms with van der Waals surface area (Å²) < 4.78 is 1.74. The molecule has 4 nitrogen and oxygen atoms in total. The van der Waals surface area contributed by atoms with E-state index in [2.05, 4.69) is 26.2 Å². The summed E-state index contributed by atoms with van der Waals surface area (Å²) in [6.07, 6.45) is 3.29. The minimum atomic E-state index is -0.197. The van der Waals surface area contributed by atoms with E-state index in [1.165, 1.54) is 0 Å². The second kappa shape index (κ2) is 5.14. The van der Waals surface area contributed by atoms with E-state index in [1.807, 2.05) is 31.3 Å². The van der Waals surface area contributed by atoms with Gasteiger partial charge in [-0.3, -0.25) is 4.79 Å². The lowest BCUT2D eigenvalue weighted by Gasteiger charge is -2.04. The molecule has 2 rings (SSSR count). The molecule has 0 bridgehead atoms. The van der Waals surface area contributed by atoms with E-state index in [1.54, 1.807) is 17.1 Å². The highest BCUT2D eigenvalue weighted by molar-refractivity contribution is 9.08. The highest BCUT2D eigenvalue weighted by atomic mass is 79.9. The van der Waals surface area contributed by atoms with Crippen molar-refractivity contribution in [3.05, 3.63) is 48.0 Å². The van der Waals surface area contributed by atoms with Crippen LogP contribution >= 0.6 is 15.9 Å². The Morgan fingerprint density at radius 3 is 3.00 bits per heavy atom. The molecule has 0 unspecified atom stereocenters. The molecule has 0 spiro atoms. The molecule has 17 heavy (non-hydrogen) atoms. The molecule has 1 aromatic heterocycles. The number of nitrogens with one attached hydrogen (secondary N) is 1. The van der Waals surface area contributed by atoms with Gasteiger partial charge in [0.15, 0.2) is 0 Å². The van der Waals surface area contributed by atoms with Gasteiger partial charge in [-0.15, -0.1) is 0 Å². The van der Waals surface area contributed by atoms with Gasteiger partial charge in [0.05, 0.1) is 6.33 Å². The minimum absolute atomic E-state index is 0.197. The van der Waals surface area contributed by atoms with Crippen molar-refractivity contribution in [2.75, 3.05) is 5.32 Å².